The van der Waals surface area contributed by atoms with Gasteiger partial charge in [0.1, 0.15) is 5.75 Å². The Hall–Kier alpha value is -2.57. The zero-order chi connectivity index (χ0) is 21.1. The van der Waals surface area contributed by atoms with Crippen LogP contribution < -0.4 is 15.0 Å². The molecule has 0 radical (unpaired) electrons. The summed E-state index contributed by atoms with van der Waals surface area (Å²) in [6.07, 6.45) is 3.52. The molecule has 1 unspecified atom stereocenters. The zero-order valence-electron chi connectivity index (χ0n) is 17.9. The molecule has 30 heavy (non-hydrogen) atoms. The van der Waals surface area contributed by atoms with Crippen LogP contribution in [-0.4, -0.2) is 39.5 Å². The molecule has 2 heterocycles. The first-order valence-corrected chi connectivity index (χ1v) is 10.5. The third-order valence-corrected chi connectivity index (χ3v) is 6.39. The van der Waals surface area contributed by atoms with E-state index in [0.29, 0.717) is 0 Å². The monoisotopic (exact) mass is 410 g/mol. The van der Waals surface area contributed by atoms with Gasteiger partial charge in [0.15, 0.2) is 0 Å². The van der Waals surface area contributed by atoms with Crippen LogP contribution in [-0.2, 0) is 9.47 Å². The van der Waals surface area contributed by atoms with Gasteiger partial charge in [-0.3, -0.25) is 4.90 Å². The van der Waals surface area contributed by atoms with Crippen LogP contribution in [0.25, 0.3) is 0 Å². The Morgan fingerprint density at radius 1 is 1.17 bits per heavy atom. The Kier molecular flexibility index (Phi) is 5.97. The zero-order valence-corrected chi connectivity index (χ0v) is 17.9. The minimum atomic E-state index is -0.407. The van der Waals surface area contributed by atoms with E-state index in [1.807, 2.05) is 24.3 Å². The van der Waals surface area contributed by atoms with Gasteiger partial charge in [0.25, 0.3) is 0 Å². The van der Waals surface area contributed by atoms with Gasteiger partial charge < -0.3 is 19.5 Å². The van der Waals surface area contributed by atoms with Crippen molar-refractivity contribution in [2.75, 3.05) is 32.7 Å². The molecule has 1 N–H and O–H groups in total. The number of anilines is 1. The van der Waals surface area contributed by atoms with Crippen molar-refractivity contribution in [2.24, 2.45) is 0 Å². The van der Waals surface area contributed by atoms with Gasteiger partial charge in [-0.15, -0.1) is 0 Å². The lowest BCUT2D eigenvalue weighted by Crippen LogP contribution is -2.48. The fraction of sp³-hybridized carbons (Fsp3) is 0.458. The number of nitrogens with one attached hydrogen (secondary N) is 1. The van der Waals surface area contributed by atoms with Gasteiger partial charge in [-0.25, -0.2) is 4.79 Å². The van der Waals surface area contributed by atoms with E-state index in [4.69, 9.17) is 14.2 Å². The van der Waals surface area contributed by atoms with Crippen molar-refractivity contribution in [3.63, 3.8) is 0 Å². The lowest BCUT2D eigenvalue weighted by atomic mass is 9.80. The molecule has 0 bridgehead atoms. The molecule has 2 saturated heterocycles. The number of nitrogens with zero attached hydrogens (tertiary/aromatic N) is 1. The third-order valence-electron chi connectivity index (χ3n) is 6.39. The number of methoxy groups -OCH3 is 2. The Morgan fingerprint density at radius 2 is 1.97 bits per heavy atom. The fourth-order valence-electron chi connectivity index (χ4n) is 4.85. The Morgan fingerprint density at radius 3 is 2.70 bits per heavy atom. The van der Waals surface area contributed by atoms with Crippen LogP contribution in [0.4, 0.5) is 10.5 Å². The molecular weight excluding hydrogens is 380 g/mol. The summed E-state index contributed by atoms with van der Waals surface area (Å²) in [5.41, 5.74) is 2.76. The summed E-state index contributed by atoms with van der Waals surface area (Å²) in [6.45, 7) is 0.998. The van der Waals surface area contributed by atoms with Crippen molar-refractivity contribution in [2.45, 2.75) is 43.4 Å². The van der Waals surface area contributed by atoms with Crippen LogP contribution in [0.2, 0.25) is 0 Å². The number of rotatable bonds is 4. The van der Waals surface area contributed by atoms with Crippen molar-refractivity contribution in [1.82, 2.24) is 5.32 Å². The van der Waals surface area contributed by atoms with E-state index in [1.165, 1.54) is 17.6 Å². The van der Waals surface area contributed by atoms with Crippen molar-refractivity contribution in [3.8, 4) is 5.75 Å². The highest BCUT2D eigenvalue weighted by Crippen LogP contribution is 2.51. The minimum Gasteiger partial charge on any atom is -0.496 e. The number of ether oxygens (including phenoxy) is 3. The quantitative estimate of drug-likeness (QED) is 0.797. The normalized spacial score (nSPS) is 25.8. The molecule has 0 saturated carbocycles. The van der Waals surface area contributed by atoms with Gasteiger partial charge in [-0.2, -0.15) is 0 Å². The topological polar surface area (TPSA) is 60.0 Å². The summed E-state index contributed by atoms with van der Waals surface area (Å²) in [6, 6.07) is 16.5. The molecule has 160 valence electrons. The van der Waals surface area contributed by atoms with E-state index in [1.54, 1.807) is 14.2 Å². The number of piperidine rings is 1. The summed E-state index contributed by atoms with van der Waals surface area (Å²) < 4.78 is 17.3. The molecule has 2 aromatic carbocycles. The smallest absolute Gasteiger partial charge is 0.413 e. The molecule has 6 heteroatoms. The molecule has 2 aliphatic heterocycles. The van der Waals surface area contributed by atoms with Gasteiger partial charge in [0, 0.05) is 18.3 Å². The van der Waals surface area contributed by atoms with E-state index in [2.05, 4.69) is 29.6 Å². The number of carbonyl (C=O) groups is 1. The molecule has 6 nitrogen and oxygen atoms in total. The van der Waals surface area contributed by atoms with Gasteiger partial charge in [-0.1, -0.05) is 30.3 Å². The number of hydrogen-bond acceptors (Lipinski definition) is 5. The van der Waals surface area contributed by atoms with E-state index < -0.39 is 6.09 Å². The standard InChI is InChI=1S/C24H30N2O4/c1-26(23(27)29-3)18-10-11-20(28-2)19(16-18)21-12-14-24(30-21)13-7-15-25-22(24)17-8-5-4-6-9-17/h4-6,8-11,16,21-22,25H,7,12-15H2,1-3H3/t21?,22-,24+/m0/s1. The molecule has 2 fully saturated rings. The Balaban J connectivity index is 1.64. The van der Waals surface area contributed by atoms with Crippen molar-refractivity contribution in [1.29, 1.82) is 0 Å². The van der Waals surface area contributed by atoms with Crippen LogP contribution in [0, 0.1) is 0 Å². The van der Waals surface area contributed by atoms with E-state index in [9.17, 15) is 4.79 Å². The lowest BCUT2D eigenvalue weighted by Gasteiger charge is -2.42. The van der Waals surface area contributed by atoms with Crippen molar-refractivity contribution < 1.29 is 19.0 Å². The first kappa shape index (κ1) is 20.7. The van der Waals surface area contributed by atoms with Gasteiger partial charge >= 0.3 is 6.09 Å². The summed E-state index contributed by atoms with van der Waals surface area (Å²) in [5, 5.41) is 3.70. The van der Waals surface area contributed by atoms with Crippen molar-refractivity contribution in [3.05, 3.63) is 59.7 Å². The van der Waals surface area contributed by atoms with Crippen LogP contribution in [0.5, 0.6) is 5.75 Å². The van der Waals surface area contributed by atoms with Crippen LogP contribution >= 0.6 is 0 Å². The van der Waals surface area contributed by atoms with Gasteiger partial charge in [0.05, 0.1) is 32.0 Å². The van der Waals surface area contributed by atoms with Crippen LogP contribution in [0.15, 0.2) is 48.5 Å². The first-order chi connectivity index (χ1) is 14.6. The Bertz CT molecular complexity index is 888. The third kappa shape index (κ3) is 3.77. The number of amides is 1. The molecule has 3 atom stereocenters. The van der Waals surface area contributed by atoms with E-state index in [-0.39, 0.29) is 17.7 Å². The molecular formula is C24H30N2O4. The molecule has 1 amide bonds. The molecule has 2 aliphatic rings. The highest BCUT2D eigenvalue weighted by molar-refractivity contribution is 5.87. The largest absolute Gasteiger partial charge is 0.496 e. The van der Waals surface area contributed by atoms with E-state index in [0.717, 1.165) is 49.2 Å². The predicted molar refractivity (Wildman–Crippen MR) is 116 cm³/mol. The van der Waals surface area contributed by atoms with Gasteiger partial charge in [0.2, 0.25) is 0 Å². The maximum atomic E-state index is 12.0. The number of hydrogen-bond donors (Lipinski definition) is 1. The van der Waals surface area contributed by atoms with Gasteiger partial charge in [-0.05, 0) is 56.0 Å². The van der Waals surface area contributed by atoms with Crippen molar-refractivity contribution >= 4 is 11.8 Å². The summed E-state index contributed by atoms with van der Waals surface area (Å²) in [7, 11) is 4.75. The molecule has 2 aromatic rings. The highest BCUT2D eigenvalue weighted by atomic mass is 16.5. The summed E-state index contributed by atoms with van der Waals surface area (Å²) in [4.78, 5) is 13.5. The second-order valence-electron chi connectivity index (χ2n) is 8.07. The number of carbonyl (C=O) groups excluding carboxylic acids is 1. The average Bonchev–Trinajstić information content (AvgIpc) is 3.22. The first-order valence-electron chi connectivity index (χ1n) is 10.5. The SMILES string of the molecule is COC(=O)N(C)c1ccc(OC)c(C2CC[C@@]3(CCCN[C@H]3c3ccccc3)O2)c1. The average molecular weight is 411 g/mol. The van der Waals surface area contributed by atoms with Crippen LogP contribution in [0.3, 0.4) is 0 Å². The minimum absolute atomic E-state index is 0.0861. The highest BCUT2D eigenvalue weighted by Gasteiger charge is 2.48. The maximum Gasteiger partial charge on any atom is 0.413 e. The fourth-order valence-corrected chi connectivity index (χ4v) is 4.85. The second kappa shape index (κ2) is 8.66. The molecule has 0 aromatic heterocycles. The second-order valence-corrected chi connectivity index (χ2v) is 8.07. The maximum absolute atomic E-state index is 12.0. The van der Waals surface area contributed by atoms with Crippen LogP contribution in [0.1, 0.15) is 49.0 Å². The molecule has 4 rings (SSSR count). The lowest BCUT2D eigenvalue weighted by molar-refractivity contribution is -0.0849. The van der Waals surface area contributed by atoms with E-state index >= 15 is 0 Å². The predicted octanol–water partition coefficient (Wildman–Crippen LogP) is 4.61. The number of benzene rings is 2. The Labute approximate surface area is 178 Å². The summed E-state index contributed by atoms with van der Waals surface area (Å²) >= 11 is 0. The molecule has 1 spiro atoms. The summed E-state index contributed by atoms with van der Waals surface area (Å²) in [5.74, 6) is 0.777. The molecule has 0 aliphatic carbocycles.